The van der Waals surface area contributed by atoms with Crippen molar-refractivity contribution in [1.82, 2.24) is 15.5 Å². The highest BCUT2D eigenvalue weighted by Gasteiger charge is 2.38. The van der Waals surface area contributed by atoms with Gasteiger partial charge in [-0.25, -0.2) is 4.79 Å². The van der Waals surface area contributed by atoms with Crippen LogP contribution in [0.4, 0.5) is 4.79 Å². The van der Waals surface area contributed by atoms with E-state index in [4.69, 9.17) is 4.74 Å². The Morgan fingerprint density at radius 2 is 1.67 bits per heavy atom. The van der Waals surface area contributed by atoms with Crippen LogP contribution in [-0.2, 0) is 14.3 Å². The van der Waals surface area contributed by atoms with Gasteiger partial charge in [0.15, 0.2) is 0 Å². The zero-order chi connectivity index (χ0) is 27.5. The standard InChI is InChI=1S/C27H45N3O5S/c1-9-11-18(3)28-24(32)23(20-12-14-21(31)15-13-20)30(19(4)10-2)25(33)22(16-17-36-8)29-26(34)35-27(5,6)7/h12-15,18-19,22-23,31H,9-11,16-17H2,1-8H3,(H,28,32)(H,29,34). The summed E-state index contributed by atoms with van der Waals surface area (Å²) in [6.45, 7) is 13.1. The molecule has 0 spiro atoms. The highest BCUT2D eigenvalue weighted by Crippen LogP contribution is 2.28. The predicted molar refractivity (Wildman–Crippen MR) is 146 cm³/mol. The van der Waals surface area contributed by atoms with E-state index in [9.17, 15) is 19.5 Å². The summed E-state index contributed by atoms with van der Waals surface area (Å²) < 4.78 is 5.42. The zero-order valence-corrected chi connectivity index (χ0v) is 23.9. The number of nitrogens with one attached hydrogen (secondary N) is 2. The summed E-state index contributed by atoms with van der Waals surface area (Å²) in [4.78, 5) is 41.9. The molecule has 0 fully saturated rings. The molecule has 36 heavy (non-hydrogen) atoms. The first kappa shape index (κ1) is 31.6. The summed E-state index contributed by atoms with van der Waals surface area (Å²) in [5.74, 6) is 0.0735. The molecule has 204 valence electrons. The van der Waals surface area contributed by atoms with Crippen LogP contribution in [0.25, 0.3) is 0 Å². The smallest absolute Gasteiger partial charge is 0.408 e. The molecule has 1 aromatic rings. The number of hydrogen-bond donors (Lipinski definition) is 3. The molecule has 0 bridgehead atoms. The number of phenolic OH excluding ortho intramolecular Hbond substituents is 1. The molecular formula is C27H45N3O5S. The number of ether oxygens (including phenoxy) is 1. The maximum atomic E-state index is 14.1. The van der Waals surface area contributed by atoms with Crippen LogP contribution in [0, 0.1) is 0 Å². The summed E-state index contributed by atoms with van der Waals surface area (Å²) >= 11 is 1.57. The summed E-state index contributed by atoms with van der Waals surface area (Å²) in [6.07, 6.45) is 3.98. The maximum absolute atomic E-state index is 14.1. The summed E-state index contributed by atoms with van der Waals surface area (Å²) in [5, 5.41) is 15.6. The number of amides is 3. The van der Waals surface area contributed by atoms with E-state index in [2.05, 4.69) is 10.6 Å². The van der Waals surface area contributed by atoms with Crippen LogP contribution in [0.3, 0.4) is 0 Å². The highest BCUT2D eigenvalue weighted by molar-refractivity contribution is 7.98. The third-order valence-corrected chi connectivity index (χ3v) is 6.41. The van der Waals surface area contributed by atoms with Crippen LogP contribution in [0.15, 0.2) is 24.3 Å². The van der Waals surface area contributed by atoms with Crippen molar-refractivity contribution in [3.05, 3.63) is 29.8 Å². The lowest BCUT2D eigenvalue weighted by Gasteiger charge is -2.38. The third-order valence-electron chi connectivity index (χ3n) is 5.77. The molecule has 1 rings (SSSR count). The molecule has 0 aliphatic carbocycles. The van der Waals surface area contributed by atoms with Crippen molar-refractivity contribution in [1.29, 1.82) is 0 Å². The SMILES string of the molecule is CCCC(C)NC(=O)C(c1ccc(O)cc1)N(C(=O)C(CCSC)NC(=O)OC(C)(C)C)C(C)CC. The lowest BCUT2D eigenvalue weighted by atomic mass is 9.99. The lowest BCUT2D eigenvalue weighted by molar-refractivity contribution is -0.145. The van der Waals surface area contributed by atoms with E-state index in [1.165, 1.54) is 12.1 Å². The average molecular weight is 524 g/mol. The fourth-order valence-corrected chi connectivity index (χ4v) is 4.31. The molecule has 8 nitrogen and oxygen atoms in total. The fourth-order valence-electron chi connectivity index (χ4n) is 3.84. The van der Waals surface area contributed by atoms with Crippen molar-refractivity contribution in [2.45, 2.75) is 104 Å². The topological polar surface area (TPSA) is 108 Å². The Labute approximate surface area is 220 Å². The number of rotatable bonds is 13. The van der Waals surface area contributed by atoms with Gasteiger partial charge in [0, 0.05) is 12.1 Å². The first-order chi connectivity index (χ1) is 16.8. The van der Waals surface area contributed by atoms with Gasteiger partial charge in [0.2, 0.25) is 11.8 Å². The molecule has 0 aliphatic heterocycles. The molecule has 0 saturated carbocycles. The Bertz CT molecular complexity index is 841. The Morgan fingerprint density at radius 1 is 1.06 bits per heavy atom. The molecule has 3 N–H and O–H groups in total. The van der Waals surface area contributed by atoms with Crippen LogP contribution in [0.2, 0.25) is 0 Å². The number of hydrogen-bond acceptors (Lipinski definition) is 6. The minimum atomic E-state index is -0.926. The highest BCUT2D eigenvalue weighted by atomic mass is 32.2. The number of benzene rings is 1. The van der Waals surface area contributed by atoms with Gasteiger partial charge in [0.1, 0.15) is 23.4 Å². The average Bonchev–Trinajstić information content (AvgIpc) is 2.78. The number of phenols is 1. The van der Waals surface area contributed by atoms with Crippen molar-refractivity contribution in [2.75, 3.05) is 12.0 Å². The van der Waals surface area contributed by atoms with E-state index in [0.29, 0.717) is 24.2 Å². The largest absolute Gasteiger partial charge is 0.508 e. The first-order valence-electron chi connectivity index (χ1n) is 12.7. The summed E-state index contributed by atoms with van der Waals surface area (Å²) in [7, 11) is 0. The van der Waals surface area contributed by atoms with Crippen molar-refractivity contribution >= 4 is 29.7 Å². The van der Waals surface area contributed by atoms with Gasteiger partial charge in [-0.1, -0.05) is 32.4 Å². The number of carbonyl (C=O) groups excluding carboxylic acids is 3. The Kier molecular flexibility index (Phi) is 13.1. The Morgan fingerprint density at radius 3 is 2.17 bits per heavy atom. The molecule has 0 radical (unpaired) electrons. The Balaban J connectivity index is 3.48. The maximum Gasteiger partial charge on any atom is 0.408 e. The van der Waals surface area contributed by atoms with Crippen LogP contribution < -0.4 is 10.6 Å². The van der Waals surface area contributed by atoms with Gasteiger partial charge < -0.3 is 25.4 Å². The number of aromatic hydroxyl groups is 1. The molecule has 0 heterocycles. The Hall–Kier alpha value is -2.42. The monoisotopic (exact) mass is 523 g/mol. The quantitative estimate of drug-likeness (QED) is 0.335. The van der Waals surface area contributed by atoms with E-state index in [1.54, 1.807) is 49.6 Å². The second kappa shape index (κ2) is 15.0. The van der Waals surface area contributed by atoms with Crippen molar-refractivity contribution in [3.8, 4) is 5.75 Å². The van der Waals surface area contributed by atoms with E-state index in [-0.39, 0.29) is 29.6 Å². The van der Waals surface area contributed by atoms with Gasteiger partial charge in [0.05, 0.1) is 0 Å². The zero-order valence-electron chi connectivity index (χ0n) is 23.1. The van der Waals surface area contributed by atoms with E-state index >= 15 is 0 Å². The number of alkyl carbamates (subject to hydrolysis) is 1. The molecule has 9 heteroatoms. The summed E-state index contributed by atoms with van der Waals surface area (Å²) in [5.41, 5.74) is -0.124. The molecule has 0 aromatic heterocycles. The first-order valence-corrected chi connectivity index (χ1v) is 14.1. The second-order valence-electron chi connectivity index (χ2n) is 10.2. The van der Waals surface area contributed by atoms with Gasteiger partial charge in [0.25, 0.3) is 0 Å². The van der Waals surface area contributed by atoms with Gasteiger partial charge >= 0.3 is 6.09 Å². The molecule has 3 amide bonds. The van der Waals surface area contributed by atoms with Gasteiger partial charge in [-0.05, 0) is 83.6 Å². The van der Waals surface area contributed by atoms with E-state index < -0.39 is 23.8 Å². The minimum absolute atomic E-state index is 0.0665. The molecule has 0 aliphatic rings. The van der Waals surface area contributed by atoms with Crippen molar-refractivity contribution < 1.29 is 24.2 Å². The van der Waals surface area contributed by atoms with Crippen LogP contribution in [0.5, 0.6) is 5.75 Å². The number of nitrogens with zero attached hydrogens (tertiary/aromatic N) is 1. The molecule has 1 aromatic carbocycles. The second-order valence-corrected chi connectivity index (χ2v) is 11.2. The minimum Gasteiger partial charge on any atom is -0.508 e. The molecular weight excluding hydrogens is 478 g/mol. The summed E-state index contributed by atoms with van der Waals surface area (Å²) in [6, 6.07) is 4.19. The van der Waals surface area contributed by atoms with E-state index in [1.807, 2.05) is 34.0 Å². The normalized spacial score (nSPS) is 14.8. The fraction of sp³-hybridized carbons (Fsp3) is 0.667. The van der Waals surface area contributed by atoms with Crippen LogP contribution >= 0.6 is 11.8 Å². The van der Waals surface area contributed by atoms with Crippen LogP contribution in [-0.4, -0.2) is 63.6 Å². The molecule has 4 unspecified atom stereocenters. The molecule has 4 atom stereocenters. The van der Waals surface area contributed by atoms with E-state index in [0.717, 1.165) is 12.8 Å². The van der Waals surface area contributed by atoms with Gasteiger partial charge in [-0.2, -0.15) is 11.8 Å². The van der Waals surface area contributed by atoms with Gasteiger partial charge in [-0.3, -0.25) is 9.59 Å². The molecule has 0 saturated heterocycles. The van der Waals surface area contributed by atoms with Gasteiger partial charge in [-0.15, -0.1) is 0 Å². The van der Waals surface area contributed by atoms with Crippen molar-refractivity contribution in [2.24, 2.45) is 0 Å². The number of thioether (sulfide) groups is 1. The number of carbonyl (C=O) groups is 3. The third kappa shape index (κ3) is 10.3. The van der Waals surface area contributed by atoms with Crippen molar-refractivity contribution in [3.63, 3.8) is 0 Å². The lowest BCUT2D eigenvalue weighted by Crippen LogP contribution is -2.56. The predicted octanol–water partition coefficient (Wildman–Crippen LogP) is 5.01. The van der Waals surface area contributed by atoms with Crippen LogP contribution in [0.1, 0.15) is 85.8 Å².